The third kappa shape index (κ3) is 9.39. The van der Waals surface area contributed by atoms with E-state index in [2.05, 4.69) is 79.5 Å². The van der Waals surface area contributed by atoms with E-state index in [1.807, 2.05) is 32.6 Å². The van der Waals surface area contributed by atoms with Crippen LogP contribution in [0.5, 0.6) is 0 Å². The van der Waals surface area contributed by atoms with Crippen LogP contribution in [0.25, 0.3) is 0 Å². The zero-order chi connectivity index (χ0) is 23.4. The molecular weight excluding hydrogens is 394 g/mol. The number of ether oxygens (including phenoxy) is 1. The molecule has 0 unspecified atom stereocenters. The van der Waals surface area contributed by atoms with Crippen molar-refractivity contribution < 1.29 is 14.0 Å². The van der Waals surface area contributed by atoms with Gasteiger partial charge in [-0.05, 0) is 45.8 Å². The van der Waals surface area contributed by atoms with Crippen LogP contribution in [-0.4, -0.2) is 51.8 Å². The van der Waals surface area contributed by atoms with Gasteiger partial charge in [0, 0.05) is 24.1 Å². The summed E-state index contributed by atoms with van der Waals surface area (Å²) < 4.78 is 12.5. The molecule has 0 aliphatic rings. The van der Waals surface area contributed by atoms with Crippen molar-refractivity contribution in [2.45, 2.75) is 118 Å². The van der Waals surface area contributed by atoms with Crippen molar-refractivity contribution in [3.63, 3.8) is 0 Å². The van der Waals surface area contributed by atoms with E-state index in [1.165, 1.54) is 0 Å². The van der Waals surface area contributed by atoms with Gasteiger partial charge in [-0.15, -0.1) is 0 Å². The Balaban J connectivity index is 5.38. The lowest BCUT2D eigenvalue weighted by Crippen LogP contribution is -2.48. The molecule has 0 bridgehead atoms. The maximum Gasteiger partial charge on any atom is 0.410 e. The first-order valence-electron chi connectivity index (χ1n) is 11.0. The van der Waals surface area contributed by atoms with Crippen LogP contribution in [0.3, 0.4) is 0 Å². The van der Waals surface area contributed by atoms with Crippen LogP contribution in [-0.2, 0) is 9.16 Å². The molecule has 1 amide bonds. The molecule has 172 valence electrons. The molecule has 0 fully saturated rings. The Morgan fingerprint density at radius 2 is 1.38 bits per heavy atom. The Bertz CT molecular complexity index is 547. The van der Waals surface area contributed by atoms with Crippen molar-refractivity contribution in [1.82, 2.24) is 4.90 Å². The molecule has 0 aromatic rings. The highest BCUT2D eigenvalue weighted by Crippen LogP contribution is 2.37. The minimum absolute atomic E-state index is 0.114. The number of hydrogen-bond acceptors (Lipinski definition) is 3. The number of nitrogens with zero attached hydrogens (tertiary/aromatic N) is 1. The molecule has 0 saturated heterocycles. The van der Waals surface area contributed by atoms with Gasteiger partial charge in [0.2, 0.25) is 0 Å². The number of hydrogen-bond donors (Lipinski definition) is 0. The Morgan fingerprint density at radius 1 is 0.931 bits per heavy atom. The van der Waals surface area contributed by atoms with E-state index in [4.69, 9.17) is 9.16 Å². The molecule has 0 aliphatic carbocycles. The lowest BCUT2D eigenvalue weighted by Gasteiger charge is -2.38. The summed E-state index contributed by atoms with van der Waals surface area (Å²) in [5, 5.41) is 0.195. The Labute approximate surface area is 183 Å². The predicted molar refractivity (Wildman–Crippen MR) is 132 cm³/mol. The summed E-state index contributed by atoms with van der Waals surface area (Å²) in [7, 11) is -3.53. The van der Waals surface area contributed by atoms with Gasteiger partial charge in [-0.3, -0.25) is 0 Å². The number of rotatable bonds is 9. The van der Waals surface area contributed by atoms with E-state index in [0.717, 1.165) is 0 Å². The fraction of sp³-hybridized carbons (Fsp3) is 0.870. The van der Waals surface area contributed by atoms with Crippen LogP contribution >= 0.6 is 0 Å². The van der Waals surface area contributed by atoms with Crippen LogP contribution in [0.2, 0.25) is 37.8 Å². The van der Waals surface area contributed by atoms with Gasteiger partial charge in [0.05, 0.1) is 8.07 Å². The zero-order valence-electron chi connectivity index (χ0n) is 21.8. The Morgan fingerprint density at radius 3 is 1.72 bits per heavy atom. The van der Waals surface area contributed by atoms with Gasteiger partial charge in [-0.1, -0.05) is 66.4 Å². The van der Waals surface area contributed by atoms with Crippen LogP contribution in [0.15, 0.2) is 12.2 Å². The summed E-state index contributed by atoms with van der Waals surface area (Å²) in [6.07, 6.45) is 4.08. The molecule has 29 heavy (non-hydrogen) atoms. The fourth-order valence-electron chi connectivity index (χ4n) is 2.67. The Kier molecular flexibility index (Phi) is 9.93. The lowest BCUT2D eigenvalue weighted by molar-refractivity contribution is 0.0763. The monoisotopic (exact) mass is 443 g/mol. The highest BCUT2D eigenvalue weighted by atomic mass is 28.4. The molecule has 0 rings (SSSR count). The van der Waals surface area contributed by atoms with E-state index in [0.29, 0.717) is 6.61 Å². The maximum atomic E-state index is 12.8. The summed E-state index contributed by atoms with van der Waals surface area (Å²) in [6, 6.07) is 0.228. The van der Waals surface area contributed by atoms with Crippen LogP contribution < -0.4 is 0 Å². The third-order valence-electron chi connectivity index (χ3n) is 5.74. The summed E-state index contributed by atoms with van der Waals surface area (Å²) in [4.78, 5) is 14.7. The third-order valence-corrected chi connectivity index (χ3v) is 12.2. The second-order valence-corrected chi connectivity index (χ2v) is 22.3. The van der Waals surface area contributed by atoms with Crippen LogP contribution in [0, 0.1) is 5.41 Å². The topological polar surface area (TPSA) is 38.8 Å². The van der Waals surface area contributed by atoms with Crippen molar-refractivity contribution >= 4 is 22.5 Å². The molecule has 0 heterocycles. The Hall–Kier alpha value is -0.596. The molecular formula is C23H49NO3Si2. The first-order chi connectivity index (χ1) is 12.7. The average molecular weight is 444 g/mol. The van der Waals surface area contributed by atoms with Crippen molar-refractivity contribution in [3.05, 3.63) is 12.2 Å². The van der Waals surface area contributed by atoms with E-state index < -0.39 is 16.4 Å². The van der Waals surface area contributed by atoms with Crippen molar-refractivity contribution in [2.75, 3.05) is 6.61 Å². The molecule has 1 atom stereocenters. The van der Waals surface area contributed by atoms with E-state index >= 15 is 0 Å². The van der Waals surface area contributed by atoms with Gasteiger partial charge < -0.3 is 14.1 Å². The zero-order valence-corrected chi connectivity index (χ0v) is 23.8. The summed E-state index contributed by atoms with van der Waals surface area (Å²) in [5.74, 6) is 0. The second kappa shape index (κ2) is 10.1. The van der Waals surface area contributed by atoms with Crippen molar-refractivity contribution in [2.24, 2.45) is 5.41 Å². The SMILES string of the molecule is CC(C)N(C(=O)O[C@@H](/C=C/C(C)(C)CO[Si](C)(C)C(C)(C)C)[Si](C)(C)C)C(C)C. The molecule has 4 nitrogen and oxygen atoms in total. The van der Waals surface area contributed by atoms with Crippen molar-refractivity contribution in [1.29, 1.82) is 0 Å². The minimum atomic E-state index is -1.79. The molecule has 0 aliphatic heterocycles. The number of amides is 1. The summed E-state index contributed by atoms with van der Waals surface area (Å²) in [5.41, 5.74) is -0.280. The van der Waals surface area contributed by atoms with E-state index in [-0.39, 0.29) is 34.4 Å². The molecule has 0 aromatic carbocycles. The normalized spacial score (nSPS) is 15.3. The molecule has 6 heteroatoms. The molecule has 0 aromatic heterocycles. The van der Waals surface area contributed by atoms with Crippen LogP contribution in [0.4, 0.5) is 4.79 Å². The average Bonchev–Trinajstić information content (AvgIpc) is 2.46. The maximum absolute atomic E-state index is 12.8. The highest BCUT2D eigenvalue weighted by Gasteiger charge is 2.38. The quantitative estimate of drug-likeness (QED) is 0.282. The van der Waals surface area contributed by atoms with E-state index in [1.54, 1.807) is 0 Å². The van der Waals surface area contributed by atoms with Gasteiger partial charge in [-0.25, -0.2) is 4.79 Å². The summed E-state index contributed by atoms with van der Waals surface area (Å²) in [6.45, 7) is 31.2. The summed E-state index contributed by atoms with van der Waals surface area (Å²) >= 11 is 0. The van der Waals surface area contributed by atoms with Crippen LogP contribution in [0.1, 0.15) is 62.3 Å². The lowest BCUT2D eigenvalue weighted by atomic mass is 9.94. The minimum Gasteiger partial charge on any atom is -0.446 e. The largest absolute Gasteiger partial charge is 0.446 e. The van der Waals surface area contributed by atoms with Gasteiger partial charge >= 0.3 is 6.09 Å². The number of carbonyl (C=O) groups is 1. The first kappa shape index (κ1) is 28.4. The molecule has 0 spiro atoms. The fourth-order valence-corrected chi connectivity index (χ4v) is 4.96. The van der Waals surface area contributed by atoms with Gasteiger partial charge in [0.25, 0.3) is 0 Å². The van der Waals surface area contributed by atoms with Gasteiger partial charge in [-0.2, -0.15) is 0 Å². The second-order valence-electron chi connectivity index (χ2n) is 12.2. The highest BCUT2D eigenvalue weighted by molar-refractivity contribution is 6.78. The molecule has 0 radical (unpaired) electrons. The van der Waals surface area contributed by atoms with Gasteiger partial charge in [0.15, 0.2) is 8.32 Å². The smallest absolute Gasteiger partial charge is 0.410 e. The molecule has 0 N–H and O–H groups in total. The predicted octanol–water partition coefficient (Wildman–Crippen LogP) is 7.09. The number of carbonyl (C=O) groups excluding carboxylic acids is 1. The van der Waals surface area contributed by atoms with E-state index in [9.17, 15) is 4.79 Å². The first-order valence-corrected chi connectivity index (χ1v) is 17.5. The molecule has 0 saturated carbocycles. The van der Waals surface area contributed by atoms with Crippen molar-refractivity contribution in [3.8, 4) is 0 Å². The van der Waals surface area contributed by atoms with Gasteiger partial charge in [0.1, 0.15) is 5.73 Å². The standard InChI is InChI=1S/C23H49NO3Si2/c1-18(2)24(19(3)4)21(25)27-20(28(10,11)12)15-16-23(8,9)17-26-29(13,14)22(5,6)7/h15-16,18-20H,17H2,1-14H3/b16-15+/t20-/m1/s1.